The Bertz CT molecular complexity index is 912. The Balaban J connectivity index is 1.58. The first-order valence-electron chi connectivity index (χ1n) is 8.71. The molecule has 4 rings (SSSR count). The molecular weight excluding hydrogens is 333 g/mol. The number of aryl methyl sites for hydroxylation is 1. The minimum Gasteiger partial charge on any atom is -0.373 e. The van der Waals surface area contributed by atoms with E-state index < -0.39 is 0 Å². The molecule has 0 radical (unpaired) electrons. The molecule has 1 aliphatic rings. The molecule has 1 aromatic carbocycles. The third-order valence-electron chi connectivity index (χ3n) is 4.96. The Labute approximate surface area is 151 Å². The fraction of sp³-hybridized carbons (Fsp3) is 0.368. The number of likely N-dealkylation sites (N-methyl/N-ethyl adjacent to an activating group) is 1. The summed E-state index contributed by atoms with van der Waals surface area (Å²) in [5, 5.41) is 9.37. The van der Waals surface area contributed by atoms with Crippen LogP contribution in [0.1, 0.15) is 11.7 Å². The molecule has 1 aliphatic heterocycles. The number of aromatic nitrogens is 3. The lowest BCUT2D eigenvalue weighted by Crippen LogP contribution is -2.46. The molecule has 2 atom stereocenters. The van der Waals surface area contributed by atoms with Gasteiger partial charge in [-0.1, -0.05) is 6.07 Å². The van der Waals surface area contributed by atoms with Gasteiger partial charge in [-0.25, -0.2) is 9.37 Å². The van der Waals surface area contributed by atoms with Crippen LogP contribution >= 0.6 is 0 Å². The summed E-state index contributed by atoms with van der Waals surface area (Å²) in [7, 11) is 4.04. The summed E-state index contributed by atoms with van der Waals surface area (Å²) in [6.45, 7) is 2.11. The van der Waals surface area contributed by atoms with Crippen LogP contribution in [0.3, 0.4) is 0 Å². The molecule has 3 heterocycles. The van der Waals surface area contributed by atoms with Crippen LogP contribution < -0.4 is 5.32 Å². The van der Waals surface area contributed by atoms with E-state index in [1.54, 1.807) is 18.5 Å². The van der Waals surface area contributed by atoms with Gasteiger partial charge in [0.1, 0.15) is 11.6 Å². The van der Waals surface area contributed by atoms with Gasteiger partial charge in [0.15, 0.2) is 0 Å². The molecule has 0 spiro atoms. The van der Waals surface area contributed by atoms with E-state index in [0.29, 0.717) is 19.0 Å². The van der Waals surface area contributed by atoms with E-state index in [1.165, 1.54) is 12.1 Å². The van der Waals surface area contributed by atoms with E-state index in [4.69, 9.17) is 4.74 Å². The highest BCUT2D eigenvalue weighted by atomic mass is 19.1. The lowest BCUT2D eigenvalue weighted by molar-refractivity contribution is -0.0581. The van der Waals surface area contributed by atoms with E-state index in [1.807, 2.05) is 23.9 Å². The van der Waals surface area contributed by atoms with Gasteiger partial charge in [-0.3, -0.25) is 9.58 Å². The van der Waals surface area contributed by atoms with Crippen molar-refractivity contribution in [3.63, 3.8) is 0 Å². The lowest BCUT2D eigenvalue weighted by atomic mass is 10.0. The number of ether oxygens (including phenoxy) is 1. The number of pyridine rings is 1. The molecule has 7 heteroatoms. The summed E-state index contributed by atoms with van der Waals surface area (Å²) < 4.78 is 21.6. The van der Waals surface area contributed by atoms with Crippen LogP contribution in [0.2, 0.25) is 0 Å². The van der Waals surface area contributed by atoms with E-state index >= 15 is 0 Å². The quantitative estimate of drug-likeness (QED) is 0.780. The third-order valence-corrected chi connectivity index (χ3v) is 4.96. The number of nitrogens with zero attached hydrogens (tertiary/aromatic N) is 4. The molecule has 2 aromatic heterocycles. The van der Waals surface area contributed by atoms with Gasteiger partial charge >= 0.3 is 0 Å². The number of benzene rings is 1. The molecular formula is C19H22FN5O. The fourth-order valence-corrected chi connectivity index (χ4v) is 3.60. The Morgan fingerprint density at radius 1 is 1.23 bits per heavy atom. The second-order valence-corrected chi connectivity index (χ2v) is 6.62. The first kappa shape index (κ1) is 16.9. The van der Waals surface area contributed by atoms with Crippen molar-refractivity contribution in [1.82, 2.24) is 19.7 Å². The largest absolute Gasteiger partial charge is 0.373 e. The maximum Gasteiger partial charge on any atom is 0.134 e. The monoisotopic (exact) mass is 355 g/mol. The van der Waals surface area contributed by atoms with Gasteiger partial charge < -0.3 is 10.1 Å². The summed E-state index contributed by atoms with van der Waals surface area (Å²) in [5.74, 6) is 0.401. The average molecular weight is 355 g/mol. The maximum absolute atomic E-state index is 13.7. The second kappa shape index (κ2) is 7.01. The zero-order chi connectivity index (χ0) is 18.1. The van der Waals surface area contributed by atoms with Crippen LogP contribution in [-0.4, -0.2) is 52.5 Å². The van der Waals surface area contributed by atoms with E-state index in [-0.39, 0.29) is 18.0 Å². The van der Waals surface area contributed by atoms with Crippen molar-refractivity contribution in [1.29, 1.82) is 0 Å². The van der Waals surface area contributed by atoms with Crippen molar-refractivity contribution in [3.05, 3.63) is 54.2 Å². The third kappa shape index (κ3) is 3.15. The van der Waals surface area contributed by atoms with Gasteiger partial charge in [0.2, 0.25) is 0 Å². The van der Waals surface area contributed by atoms with Gasteiger partial charge in [0.25, 0.3) is 0 Å². The summed E-state index contributed by atoms with van der Waals surface area (Å²) >= 11 is 0. The number of anilines is 1. The minimum absolute atomic E-state index is 0.0604. The van der Waals surface area contributed by atoms with Gasteiger partial charge in [0, 0.05) is 37.9 Å². The van der Waals surface area contributed by atoms with Crippen molar-refractivity contribution in [3.8, 4) is 0 Å². The molecule has 0 aliphatic carbocycles. The highest BCUT2D eigenvalue weighted by molar-refractivity contribution is 5.91. The summed E-state index contributed by atoms with van der Waals surface area (Å²) in [5.41, 5.74) is 1.11. The predicted octanol–water partition coefficient (Wildman–Crippen LogP) is 2.59. The summed E-state index contributed by atoms with van der Waals surface area (Å²) in [4.78, 5) is 6.67. The molecule has 3 aromatic rings. The van der Waals surface area contributed by atoms with Gasteiger partial charge in [0.05, 0.1) is 24.4 Å². The van der Waals surface area contributed by atoms with Crippen LogP contribution in [0, 0.1) is 5.82 Å². The minimum atomic E-state index is -0.269. The molecule has 0 saturated carbocycles. The number of rotatable bonds is 4. The smallest absolute Gasteiger partial charge is 0.134 e. The van der Waals surface area contributed by atoms with Crippen LogP contribution in [-0.2, 0) is 11.8 Å². The zero-order valence-corrected chi connectivity index (χ0v) is 14.9. The molecule has 136 valence electrons. The van der Waals surface area contributed by atoms with Crippen molar-refractivity contribution in [2.75, 3.05) is 32.1 Å². The molecule has 1 N–H and O–H groups in total. The number of halogens is 1. The molecule has 26 heavy (non-hydrogen) atoms. The van der Waals surface area contributed by atoms with Gasteiger partial charge in [-0.2, -0.15) is 5.10 Å². The van der Waals surface area contributed by atoms with Crippen molar-refractivity contribution in [2.45, 2.75) is 12.1 Å². The van der Waals surface area contributed by atoms with Crippen molar-refractivity contribution < 1.29 is 9.13 Å². The number of hydrogen-bond acceptors (Lipinski definition) is 5. The Kier molecular flexibility index (Phi) is 4.57. The van der Waals surface area contributed by atoms with Crippen LogP contribution in [0.5, 0.6) is 0 Å². The predicted molar refractivity (Wildman–Crippen MR) is 98.5 cm³/mol. The molecule has 6 nitrogen and oxygen atoms in total. The summed E-state index contributed by atoms with van der Waals surface area (Å²) in [6, 6.07) is 8.73. The highest BCUT2D eigenvalue weighted by Crippen LogP contribution is 2.29. The molecule has 1 fully saturated rings. The van der Waals surface area contributed by atoms with E-state index in [0.717, 1.165) is 23.0 Å². The normalized spacial score (nSPS) is 21.2. The molecule has 0 unspecified atom stereocenters. The highest BCUT2D eigenvalue weighted by Gasteiger charge is 2.33. The second-order valence-electron chi connectivity index (χ2n) is 6.62. The van der Waals surface area contributed by atoms with E-state index in [9.17, 15) is 4.39 Å². The lowest BCUT2D eigenvalue weighted by Gasteiger charge is -2.39. The van der Waals surface area contributed by atoms with Crippen LogP contribution in [0.25, 0.3) is 10.8 Å². The Morgan fingerprint density at radius 3 is 2.92 bits per heavy atom. The van der Waals surface area contributed by atoms with E-state index in [2.05, 4.69) is 27.3 Å². The standard InChI is InChI=1S/C19H22FN5O/c1-24-9-10-26-17(18(24)16-6-8-23-25(16)2)12-22-19-15-11-14(20)4-3-13(15)5-7-21-19/h3-8,11,17-18H,9-10,12H2,1-2H3,(H,21,22)/t17-,18-/m0/s1. The topological polar surface area (TPSA) is 55.2 Å². The first-order chi connectivity index (χ1) is 12.6. The molecule has 1 saturated heterocycles. The number of nitrogens with one attached hydrogen (secondary N) is 1. The van der Waals surface area contributed by atoms with Crippen LogP contribution in [0.15, 0.2) is 42.7 Å². The van der Waals surface area contributed by atoms with Crippen molar-refractivity contribution >= 4 is 16.6 Å². The fourth-order valence-electron chi connectivity index (χ4n) is 3.60. The molecule has 0 amide bonds. The van der Waals surface area contributed by atoms with Crippen molar-refractivity contribution in [2.24, 2.45) is 7.05 Å². The summed E-state index contributed by atoms with van der Waals surface area (Å²) in [6.07, 6.45) is 3.47. The first-order valence-corrected chi connectivity index (χ1v) is 8.71. The number of hydrogen-bond donors (Lipinski definition) is 1. The van der Waals surface area contributed by atoms with Gasteiger partial charge in [-0.05, 0) is 36.7 Å². The van der Waals surface area contributed by atoms with Gasteiger partial charge in [-0.15, -0.1) is 0 Å². The number of morpholine rings is 1. The molecule has 0 bridgehead atoms. The van der Waals surface area contributed by atoms with Crippen LogP contribution in [0.4, 0.5) is 10.2 Å². The average Bonchev–Trinajstić information content (AvgIpc) is 3.05. The maximum atomic E-state index is 13.7. The Hall–Kier alpha value is -2.51. The number of fused-ring (bicyclic) bond motifs is 1. The zero-order valence-electron chi connectivity index (χ0n) is 14.9. The Morgan fingerprint density at radius 2 is 2.12 bits per heavy atom. The SMILES string of the molecule is CN1CCO[C@@H](CNc2nccc3ccc(F)cc23)[C@@H]1c1ccnn1C.